The quantitative estimate of drug-likeness (QED) is 0.843. The zero-order valence-electron chi connectivity index (χ0n) is 9.89. The molecule has 3 aliphatic rings. The largest absolute Gasteiger partial charge is 0.313 e. The topological polar surface area (TPSA) is 15.3 Å². The van der Waals surface area contributed by atoms with Gasteiger partial charge in [-0.15, -0.1) is 23.7 Å². The molecule has 0 radical (unpaired) electrons. The molecule has 2 fully saturated rings. The van der Waals surface area contributed by atoms with Gasteiger partial charge < -0.3 is 5.32 Å². The molecule has 1 aromatic heterocycles. The SMILES string of the molecule is Cl.c1cc2c(s1)C1CNCC(C3CC3)N1CC2. The molecule has 4 rings (SSSR count). The third kappa shape index (κ3) is 1.93. The lowest BCUT2D eigenvalue weighted by Gasteiger charge is -2.45. The maximum atomic E-state index is 3.65. The van der Waals surface area contributed by atoms with Gasteiger partial charge in [0.05, 0.1) is 6.04 Å². The minimum atomic E-state index is 0. The second kappa shape index (κ2) is 4.54. The predicted octanol–water partition coefficient (Wildman–Crippen LogP) is 2.45. The molecule has 94 valence electrons. The van der Waals surface area contributed by atoms with Gasteiger partial charge in [-0.1, -0.05) is 0 Å². The average molecular weight is 271 g/mol. The van der Waals surface area contributed by atoms with Crippen LogP contribution in [-0.2, 0) is 6.42 Å². The second-order valence-corrected chi connectivity index (χ2v) is 6.32. The van der Waals surface area contributed by atoms with Crippen LogP contribution in [0.3, 0.4) is 0 Å². The lowest BCUT2D eigenvalue weighted by atomic mass is 9.95. The Labute approximate surface area is 113 Å². The van der Waals surface area contributed by atoms with Gasteiger partial charge in [0.2, 0.25) is 0 Å². The molecule has 2 atom stereocenters. The first-order valence-corrected chi connectivity index (χ1v) is 7.34. The second-order valence-electron chi connectivity index (χ2n) is 5.38. The fourth-order valence-corrected chi connectivity index (χ4v) is 4.49. The summed E-state index contributed by atoms with van der Waals surface area (Å²) in [7, 11) is 0. The van der Waals surface area contributed by atoms with Crippen molar-refractivity contribution >= 4 is 23.7 Å². The first kappa shape index (κ1) is 12.0. The Morgan fingerprint density at radius 2 is 2.18 bits per heavy atom. The average Bonchev–Trinajstić information content (AvgIpc) is 3.05. The molecule has 3 heterocycles. The van der Waals surface area contributed by atoms with Gasteiger partial charge in [0.25, 0.3) is 0 Å². The normalized spacial score (nSPS) is 32.5. The van der Waals surface area contributed by atoms with E-state index in [1.54, 1.807) is 10.4 Å². The lowest BCUT2D eigenvalue weighted by molar-refractivity contribution is 0.0771. The van der Waals surface area contributed by atoms with E-state index in [0.29, 0.717) is 6.04 Å². The molecular formula is C13H19ClN2S. The Balaban J connectivity index is 0.000000902. The molecule has 0 bridgehead atoms. The van der Waals surface area contributed by atoms with Crippen LogP contribution in [-0.4, -0.2) is 30.6 Å². The fraction of sp³-hybridized carbons (Fsp3) is 0.692. The van der Waals surface area contributed by atoms with Crippen molar-refractivity contribution < 1.29 is 0 Å². The van der Waals surface area contributed by atoms with Crippen LogP contribution < -0.4 is 5.32 Å². The molecule has 1 saturated carbocycles. The summed E-state index contributed by atoms with van der Waals surface area (Å²) in [4.78, 5) is 4.44. The summed E-state index contributed by atoms with van der Waals surface area (Å²) >= 11 is 1.96. The van der Waals surface area contributed by atoms with Crippen LogP contribution in [0.15, 0.2) is 11.4 Å². The van der Waals surface area contributed by atoms with E-state index in [-0.39, 0.29) is 12.4 Å². The molecule has 0 amide bonds. The summed E-state index contributed by atoms with van der Waals surface area (Å²) in [6.07, 6.45) is 4.21. The van der Waals surface area contributed by atoms with Crippen molar-refractivity contribution in [1.82, 2.24) is 10.2 Å². The van der Waals surface area contributed by atoms with Crippen LogP contribution in [0, 0.1) is 5.92 Å². The Bertz CT molecular complexity index is 402. The summed E-state index contributed by atoms with van der Waals surface area (Å²) in [5.41, 5.74) is 1.62. The summed E-state index contributed by atoms with van der Waals surface area (Å²) in [6.45, 7) is 3.68. The molecular weight excluding hydrogens is 252 g/mol. The van der Waals surface area contributed by atoms with E-state index in [9.17, 15) is 0 Å². The first-order chi connectivity index (χ1) is 7.93. The Hall–Kier alpha value is -0.0900. The van der Waals surface area contributed by atoms with Crippen LogP contribution in [0.2, 0.25) is 0 Å². The van der Waals surface area contributed by atoms with Gasteiger partial charge in [0.15, 0.2) is 0 Å². The number of fused-ring (bicyclic) bond motifs is 3. The van der Waals surface area contributed by atoms with Crippen molar-refractivity contribution in [1.29, 1.82) is 0 Å². The highest BCUT2D eigenvalue weighted by atomic mass is 35.5. The van der Waals surface area contributed by atoms with Gasteiger partial charge in [-0.3, -0.25) is 4.90 Å². The first-order valence-electron chi connectivity index (χ1n) is 6.46. The van der Waals surface area contributed by atoms with E-state index in [1.807, 2.05) is 11.3 Å². The van der Waals surface area contributed by atoms with E-state index >= 15 is 0 Å². The van der Waals surface area contributed by atoms with E-state index in [1.165, 1.54) is 32.4 Å². The monoisotopic (exact) mass is 270 g/mol. The highest BCUT2D eigenvalue weighted by molar-refractivity contribution is 7.10. The third-order valence-corrected chi connectivity index (χ3v) is 5.47. The minimum Gasteiger partial charge on any atom is -0.313 e. The van der Waals surface area contributed by atoms with Gasteiger partial charge in [-0.2, -0.15) is 0 Å². The predicted molar refractivity (Wildman–Crippen MR) is 74.1 cm³/mol. The van der Waals surface area contributed by atoms with Crippen LogP contribution >= 0.6 is 23.7 Å². The smallest absolute Gasteiger partial charge is 0.0572 e. The molecule has 0 aromatic carbocycles. The molecule has 2 nitrogen and oxygen atoms in total. The number of nitrogens with one attached hydrogen (secondary N) is 1. The number of rotatable bonds is 1. The fourth-order valence-electron chi connectivity index (χ4n) is 3.41. The maximum absolute atomic E-state index is 3.65. The van der Waals surface area contributed by atoms with E-state index in [4.69, 9.17) is 0 Å². The third-order valence-electron chi connectivity index (χ3n) is 4.41. The van der Waals surface area contributed by atoms with Gasteiger partial charge in [0.1, 0.15) is 0 Å². The number of hydrogen-bond acceptors (Lipinski definition) is 3. The summed E-state index contributed by atoms with van der Waals surface area (Å²) in [5.74, 6) is 0.997. The summed E-state index contributed by atoms with van der Waals surface area (Å²) < 4.78 is 0. The Morgan fingerprint density at radius 3 is 3.00 bits per heavy atom. The van der Waals surface area contributed by atoms with Gasteiger partial charge >= 0.3 is 0 Å². The van der Waals surface area contributed by atoms with Crippen molar-refractivity contribution in [2.24, 2.45) is 5.92 Å². The zero-order chi connectivity index (χ0) is 10.5. The van der Waals surface area contributed by atoms with Crippen LogP contribution in [0.1, 0.15) is 29.3 Å². The Kier molecular flexibility index (Phi) is 3.20. The van der Waals surface area contributed by atoms with Crippen molar-refractivity contribution in [3.8, 4) is 0 Å². The van der Waals surface area contributed by atoms with E-state index in [2.05, 4.69) is 21.7 Å². The molecule has 2 unspecified atom stereocenters. The molecule has 1 N–H and O–H groups in total. The van der Waals surface area contributed by atoms with Gasteiger partial charge in [-0.25, -0.2) is 0 Å². The van der Waals surface area contributed by atoms with Crippen molar-refractivity contribution in [2.75, 3.05) is 19.6 Å². The van der Waals surface area contributed by atoms with E-state index < -0.39 is 0 Å². The highest BCUT2D eigenvalue weighted by Gasteiger charge is 2.42. The number of nitrogens with zero attached hydrogens (tertiary/aromatic N) is 1. The van der Waals surface area contributed by atoms with Crippen molar-refractivity contribution in [3.63, 3.8) is 0 Å². The van der Waals surface area contributed by atoms with Gasteiger partial charge in [-0.05, 0) is 42.2 Å². The molecule has 1 aliphatic carbocycles. The van der Waals surface area contributed by atoms with Crippen molar-refractivity contribution in [3.05, 3.63) is 21.9 Å². The number of halogens is 1. The molecule has 0 spiro atoms. The maximum Gasteiger partial charge on any atom is 0.0572 e. The number of thiophene rings is 1. The molecule has 1 saturated heterocycles. The molecule has 17 heavy (non-hydrogen) atoms. The molecule has 1 aromatic rings. The van der Waals surface area contributed by atoms with E-state index in [0.717, 1.165) is 18.5 Å². The van der Waals surface area contributed by atoms with Crippen molar-refractivity contribution in [2.45, 2.75) is 31.3 Å². The Morgan fingerprint density at radius 1 is 1.29 bits per heavy atom. The lowest BCUT2D eigenvalue weighted by Crippen LogP contribution is -2.55. The van der Waals surface area contributed by atoms with Crippen LogP contribution in [0.25, 0.3) is 0 Å². The number of hydrogen-bond donors (Lipinski definition) is 1. The molecule has 4 heteroatoms. The highest BCUT2D eigenvalue weighted by Crippen LogP contribution is 2.43. The van der Waals surface area contributed by atoms with Crippen LogP contribution in [0.5, 0.6) is 0 Å². The van der Waals surface area contributed by atoms with Crippen LogP contribution in [0.4, 0.5) is 0 Å². The standard InChI is InChI=1S/C13H18N2S.ClH/c1-2-9(1)11-7-14-8-12-13-10(4-6-16-13)3-5-15(11)12;/h4,6,9,11-12,14H,1-3,5,7-8H2;1H. The summed E-state index contributed by atoms with van der Waals surface area (Å²) in [5, 5.41) is 5.92. The zero-order valence-corrected chi connectivity index (χ0v) is 11.5. The minimum absolute atomic E-state index is 0. The summed E-state index contributed by atoms with van der Waals surface area (Å²) in [6, 6.07) is 3.84. The number of piperazine rings is 1. The molecule has 2 aliphatic heterocycles. The van der Waals surface area contributed by atoms with Gasteiger partial charge in [0, 0.05) is 30.6 Å².